The van der Waals surface area contributed by atoms with Crippen LogP contribution in [0.4, 0.5) is 15.9 Å². The normalized spacial score (nSPS) is 11.1. The summed E-state index contributed by atoms with van der Waals surface area (Å²) in [6.07, 6.45) is 2.19. The van der Waals surface area contributed by atoms with Crippen molar-refractivity contribution in [2.75, 3.05) is 23.8 Å². The van der Waals surface area contributed by atoms with E-state index in [1.165, 1.54) is 29.3 Å². The summed E-state index contributed by atoms with van der Waals surface area (Å²) < 4.78 is 45.2. The number of nitrogens with zero attached hydrogens (tertiary/aromatic N) is 2. The Morgan fingerprint density at radius 2 is 1.74 bits per heavy atom. The number of anilines is 2. The number of sulfonamides is 1. The Labute approximate surface area is 180 Å². The van der Waals surface area contributed by atoms with E-state index in [2.05, 4.69) is 9.71 Å². The van der Waals surface area contributed by atoms with Crippen LogP contribution in [0.3, 0.4) is 0 Å². The zero-order chi connectivity index (χ0) is 22.4. The average molecular weight is 444 g/mol. The summed E-state index contributed by atoms with van der Waals surface area (Å²) in [7, 11) is -0.661. The first kappa shape index (κ1) is 22.2. The summed E-state index contributed by atoms with van der Waals surface area (Å²) in [6, 6.07) is 15.1. The van der Waals surface area contributed by atoms with E-state index in [0.29, 0.717) is 18.7 Å². The lowest BCUT2D eigenvalue weighted by molar-refractivity contribution is -0.118. The van der Waals surface area contributed by atoms with Gasteiger partial charge in [0.1, 0.15) is 17.4 Å². The molecule has 1 heterocycles. The third-order valence-corrected chi connectivity index (χ3v) is 6.03. The molecule has 0 saturated carbocycles. The molecular formula is C22H22FN3O4S. The number of benzene rings is 2. The van der Waals surface area contributed by atoms with Crippen molar-refractivity contribution in [2.45, 2.75) is 17.7 Å². The standard InChI is InChI=1S/C22H22FN3O4S/c1-26(22(27)14-5-16-3-9-19(30-2)10-4-16)21-13-8-18(15-24-21)25-31(28,29)20-11-6-17(23)7-12-20/h3-4,6-13,15,25H,5,14H2,1-2H3. The van der Waals surface area contributed by atoms with Gasteiger partial charge in [0.2, 0.25) is 5.91 Å². The minimum Gasteiger partial charge on any atom is -0.497 e. The maximum absolute atomic E-state index is 13.0. The molecular weight excluding hydrogens is 421 g/mol. The molecule has 0 unspecified atom stereocenters. The number of methoxy groups -OCH3 is 1. The van der Waals surface area contributed by atoms with Gasteiger partial charge in [-0.3, -0.25) is 14.4 Å². The number of pyridine rings is 1. The van der Waals surface area contributed by atoms with Crippen LogP contribution in [-0.2, 0) is 21.2 Å². The number of halogens is 1. The fraction of sp³-hybridized carbons (Fsp3) is 0.182. The number of hydrogen-bond donors (Lipinski definition) is 1. The summed E-state index contributed by atoms with van der Waals surface area (Å²) in [5, 5.41) is 0. The van der Waals surface area contributed by atoms with Crippen LogP contribution < -0.4 is 14.4 Å². The van der Waals surface area contributed by atoms with Crippen molar-refractivity contribution in [2.24, 2.45) is 0 Å². The monoisotopic (exact) mass is 443 g/mol. The Balaban J connectivity index is 1.60. The highest BCUT2D eigenvalue weighted by Crippen LogP contribution is 2.19. The van der Waals surface area contributed by atoms with Gasteiger partial charge in [0.05, 0.1) is 23.9 Å². The molecule has 9 heteroatoms. The zero-order valence-electron chi connectivity index (χ0n) is 17.1. The number of rotatable bonds is 8. The van der Waals surface area contributed by atoms with E-state index in [1.807, 2.05) is 24.3 Å². The van der Waals surface area contributed by atoms with E-state index in [4.69, 9.17) is 4.74 Å². The first-order valence-electron chi connectivity index (χ1n) is 9.42. The summed E-state index contributed by atoms with van der Waals surface area (Å²) in [5.74, 6) is 0.503. The van der Waals surface area contributed by atoms with Crippen molar-refractivity contribution >= 4 is 27.4 Å². The van der Waals surface area contributed by atoms with E-state index < -0.39 is 15.8 Å². The molecule has 0 atom stereocenters. The molecule has 1 N–H and O–H groups in total. The predicted octanol–water partition coefficient (Wildman–Crippen LogP) is 3.63. The van der Waals surface area contributed by atoms with Gasteiger partial charge < -0.3 is 4.74 Å². The van der Waals surface area contributed by atoms with Crippen molar-refractivity contribution in [3.8, 4) is 5.75 Å². The highest BCUT2D eigenvalue weighted by molar-refractivity contribution is 7.92. The number of carbonyl (C=O) groups excluding carboxylic acids is 1. The first-order chi connectivity index (χ1) is 14.8. The summed E-state index contributed by atoms with van der Waals surface area (Å²) in [4.78, 5) is 18.0. The number of hydrogen-bond acceptors (Lipinski definition) is 5. The number of aryl methyl sites for hydroxylation is 1. The minimum absolute atomic E-state index is 0.0659. The van der Waals surface area contributed by atoms with Crippen LogP contribution >= 0.6 is 0 Å². The number of carbonyl (C=O) groups is 1. The largest absolute Gasteiger partial charge is 0.497 e. The van der Waals surface area contributed by atoms with Gasteiger partial charge in [-0.25, -0.2) is 17.8 Å². The van der Waals surface area contributed by atoms with E-state index in [9.17, 15) is 17.6 Å². The van der Waals surface area contributed by atoms with E-state index in [1.54, 1.807) is 20.2 Å². The number of ether oxygens (including phenoxy) is 1. The maximum Gasteiger partial charge on any atom is 0.261 e. The Kier molecular flexibility index (Phi) is 6.86. The van der Waals surface area contributed by atoms with Crippen LogP contribution in [0.1, 0.15) is 12.0 Å². The Morgan fingerprint density at radius 3 is 2.32 bits per heavy atom. The van der Waals surface area contributed by atoms with E-state index >= 15 is 0 Å². The van der Waals surface area contributed by atoms with Gasteiger partial charge in [0.15, 0.2) is 0 Å². The van der Waals surface area contributed by atoms with Crippen LogP contribution in [0.25, 0.3) is 0 Å². The minimum atomic E-state index is -3.87. The fourth-order valence-electron chi connectivity index (χ4n) is 2.81. The molecule has 0 aliphatic carbocycles. The molecule has 0 spiro atoms. The van der Waals surface area contributed by atoms with Gasteiger partial charge in [-0.2, -0.15) is 0 Å². The molecule has 0 bridgehead atoms. The van der Waals surface area contributed by atoms with Crippen LogP contribution in [0.5, 0.6) is 5.75 Å². The van der Waals surface area contributed by atoms with Crippen molar-refractivity contribution < 1.29 is 22.3 Å². The van der Waals surface area contributed by atoms with E-state index in [-0.39, 0.29) is 16.5 Å². The van der Waals surface area contributed by atoms with Crippen LogP contribution in [-0.4, -0.2) is 33.5 Å². The van der Waals surface area contributed by atoms with Crippen molar-refractivity contribution in [3.05, 3.63) is 78.2 Å². The van der Waals surface area contributed by atoms with Gasteiger partial charge in [-0.15, -0.1) is 0 Å². The molecule has 1 amide bonds. The van der Waals surface area contributed by atoms with Crippen LogP contribution in [0, 0.1) is 5.82 Å². The third-order valence-electron chi connectivity index (χ3n) is 4.63. The predicted molar refractivity (Wildman–Crippen MR) is 116 cm³/mol. The van der Waals surface area contributed by atoms with Gasteiger partial charge in [0.25, 0.3) is 10.0 Å². The van der Waals surface area contributed by atoms with Crippen molar-refractivity contribution in [1.29, 1.82) is 0 Å². The Morgan fingerprint density at radius 1 is 1.06 bits per heavy atom. The SMILES string of the molecule is COc1ccc(CCC(=O)N(C)c2ccc(NS(=O)(=O)c3ccc(F)cc3)cn2)cc1. The third kappa shape index (κ3) is 5.79. The lowest BCUT2D eigenvalue weighted by Crippen LogP contribution is -2.27. The lowest BCUT2D eigenvalue weighted by atomic mass is 10.1. The highest BCUT2D eigenvalue weighted by Gasteiger charge is 2.16. The number of amides is 1. The van der Waals surface area contributed by atoms with Gasteiger partial charge in [-0.05, 0) is 60.5 Å². The number of aromatic nitrogens is 1. The summed E-state index contributed by atoms with van der Waals surface area (Å²) >= 11 is 0. The maximum atomic E-state index is 13.0. The Hall–Kier alpha value is -3.46. The molecule has 0 fully saturated rings. The molecule has 2 aromatic carbocycles. The second-order valence-electron chi connectivity index (χ2n) is 6.77. The molecule has 162 valence electrons. The molecule has 3 aromatic rings. The van der Waals surface area contributed by atoms with Crippen LogP contribution in [0.2, 0.25) is 0 Å². The lowest BCUT2D eigenvalue weighted by Gasteiger charge is -2.17. The molecule has 7 nitrogen and oxygen atoms in total. The topological polar surface area (TPSA) is 88.6 Å². The molecule has 0 aliphatic heterocycles. The van der Waals surface area contributed by atoms with Gasteiger partial charge in [-0.1, -0.05) is 12.1 Å². The smallest absolute Gasteiger partial charge is 0.261 e. The zero-order valence-corrected chi connectivity index (χ0v) is 17.9. The quantitative estimate of drug-likeness (QED) is 0.574. The molecule has 31 heavy (non-hydrogen) atoms. The van der Waals surface area contributed by atoms with Crippen molar-refractivity contribution in [1.82, 2.24) is 4.98 Å². The Bertz CT molecular complexity index is 1130. The molecule has 3 rings (SSSR count). The molecule has 1 aromatic heterocycles. The second-order valence-corrected chi connectivity index (χ2v) is 8.45. The summed E-state index contributed by atoms with van der Waals surface area (Å²) in [6.45, 7) is 0. The number of nitrogens with one attached hydrogen (secondary N) is 1. The first-order valence-corrected chi connectivity index (χ1v) is 10.9. The fourth-order valence-corrected chi connectivity index (χ4v) is 3.85. The van der Waals surface area contributed by atoms with Crippen LogP contribution in [0.15, 0.2) is 71.8 Å². The van der Waals surface area contributed by atoms with Gasteiger partial charge in [0, 0.05) is 13.5 Å². The average Bonchev–Trinajstić information content (AvgIpc) is 2.78. The summed E-state index contributed by atoms with van der Waals surface area (Å²) in [5.41, 5.74) is 1.24. The molecule has 0 aliphatic rings. The molecule has 0 saturated heterocycles. The highest BCUT2D eigenvalue weighted by atomic mass is 32.2. The van der Waals surface area contributed by atoms with Crippen molar-refractivity contribution in [3.63, 3.8) is 0 Å². The van der Waals surface area contributed by atoms with Gasteiger partial charge >= 0.3 is 0 Å². The second kappa shape index (κ2) is 9.57. The molecule has 0 radical (unpaired) electrons. The van der Waals surface area contributed by atoms with E-state index in [0.717, 1.165) is 23.4 Å².